The highest BCUT2D eigenvalue weighted by Crippen LogP contribution is 2.05. The summed E-state index contributed by atoms with van der Waals surface area (Å²) in [5.74, 6) is 0. The summed E-state index contributed by atoms with van der Waals surface area (Å²) in [4.78, 5) is 11.0. The number of hydrogen-bond donors (Lipinski definition) is 2. The van der Waals surface area contributed by atoms with Gasteiger partial charge in [0.25, 0.3) is 0 Å². The second kappa shape index (κ2) is 5.59. The Bertz CT molecular complexity index is 173. The average molecular weight is 186 g/mol. The first kappa shape index (κ1) is 12.0. The minimum absolute atomic E-state index is 0.454. The van der Waals surface area contributed by atoms with Crippen LogP contribution in [0.1, 0.15) is 27.2 Å². The van der Waals surface area contributed by atoms with Crippen LogP contribution in [0, 0.1) is 0 Å². The van der Waals surface area contributed by atoms with Gasteiger partial charge < -0.3 is 4.74 Å². The lowest BCUT2D eigenvalue weighted by Gasteiger charge is -2.19. The van der Waals surface area contributed by atoms with Crippen molar-refractivity contribution in [2.75, 3.05) is 6.54 Å². The third-order valence-electron chi connectivity index (χ3n) is 1.06. The number of ether oxygens (including phenoxy) is 1. The summed E-state index contributed by atoms with van der Waals surface area (Å²) in [5, 5.41) is 0. The zero-order chi connectivity index (χ0) is 10.3. The average Bonchev–Trinajstić information content (AvgIpc) is 1.94. The number of hydrazine groups is 1. The van der Waals surface area contributed by atoms with Crippen LogP contribution in [0.4, 0.5) is 4.79 Å². The Hall–Kier alpha value is -1.03. The highest BCUT2D eigenvalue weighted by Gasteiger charge is 2.15. The molecule has 4 heteroatoms. The molecule has 0 aromatic rings. The number of hydrogen-bond acceptors (Lipinski definition) is 3. The van der Waals surface area contributed by atoms with Crippen molar-refractivity contribution in [1.29, 1.82) is 0 Å². The molecule has 1 amide bonds. The summed E-state index contributed by atoms with van der Waals surface area (Å²) in [5.41, 5.74) is 4.67. The number of carbonyl (C=O) groups excluding carboxylic acids is 1. The molecule has 0 aliphatic heterocycles. The van der Waals surface area contributed by atoms with E-state index in [1.165, 1.54) is 0 Å². The van der Waals surface area contributed by atoms with E-state index >= 15 is 0 Å². The Morgan fingerprint density at radius 3 is 2.62 bits per heavy atom. The van der Waals surface area contributed by atoms with Crippen LogP contribution < -0.4 is 10.9 Å². The Morgan fingerprint density at radius 2 is 2.15 bits per heavy atom. The SMILES string of the molecule is C=CCCNNC(=O)OC(C)(C)C. The van der Waals surface area contributed by atoms with Crippen molar-refractivity contribution in [3.05, 3.63) is 12.7 Å². The molecule has 0 saturated carbocycles. The Kier molecular flexibility index (Phi) is 5.14. The molecule has 2 N–H and O–H groups in total. The first-order valence-corrected chi connectivity index (χ1v) is 4.28. The molecule has 4 nitrogen and oxygen atoms in total. The fourth-order valence-corrected chi connectivity index (χ4v) is 0.613. The van der Waals surface area contributed by atoms with Gasteiger partial charge in [0.1, 0.15) is 5.60 Å². The third-order valence-corrected chi connectivity index (χ3v) is 1.06. The largest absolute Gasteiger partial charge is 0.443 e. The molecule has 0 aromatic carbocycles. The number of nitrogens with one attached hydrogen (secondary N) is 2. The highest BCUT2D eigenvalue weighted by atomic mass is 16.6. The van der Waals surface area contributed by atoms with E-state index in [-0.39, 0.29) is 0 Å². The van der Waals surface area contributed by atoms with Crippen molar-refractivity contribution >= 4 is 6.09 Å². The fraction of sp³-hybridized carbons (Fsp3) is 0.667. The molecular weight excluding hydrogens is 168 g/mol. The van der Waals surface area contributed by atoms with Crippen molar-refractivity contribution in [3.8, 4) is 0 Å². The molecule has 0 aromatic heterocycles. The molecule has 0 spiro atoms. The van der Waals surface area contributed by atoms with E-state index in [9.17, 15) is 4.79 Å². The Morgan fingerprint density at radius 1 is 1.54 bits per heavy atom. The van der Waals surface area contributed by atoms with Crippen molar-refractivity contribution in [1.82, 2.24) is 10.9 Å². The van der Waals surface area contributed by atoms with Crippen LogP contribution in [0.15, 0.2) is 12.7 Å². The van der Waals surface area contributed by atoms with E-state index in [4.69, 9.17) is 4.74 Å². The van der Waals surface area contributed by atoms with Crippen molar-refractivity contribution in [2.45, 2.75) is 32.8 Å². The topological polar surface area (TPSA) is 50.4 Å². The van der Waals surface area contributed by atoms with Gasteiger partial charge in [-0.2, -0.15) is 0 Å². The van der Waals surface area contributed by atoms with E-state index in [2.05, 4.69) is 17.4 Å². The molecule has 0 fully saturated rings. The van der Waals surface area contributed by atoms with Crippen molar-refractivity contribution in [2.24, 2.45) is 0 Å². The summed E-state index contributed by atoms with van der Waals surface area (Å²) < 4.78 is 4.98. The number of carbonyl (C=O) groups is 1. The molecule has 13 heavy (non-hydrogen) atoms. The smallest absolute Gasteiger partial charge is 0.422 e. The van der Waals surface area contributed by atoms with Crippen LogP contribution in [-0.2, 0) is 4.74 Å². The van der Waals surface area contributed by atoms with E-state index in [1.807, 2.05) is 20.8 Å². The Labute approximate surface area is 79.3 Å². The highest BCUT2D eigenvalue weighted by molar-refractivity contribution is 5.66. The minimum atomic E-state index is -0.462. The maximum atomic E-state index is 11.0. The number of amides is 1. The summed E-state index contributed by atoms with van der Waals surface area (Å²) in [6.45, 7) is 9.66. The molecule has 76 valence electrons. The van der Waals surface area contributed by atoms with Gasteiger partial charge in [-0.05, 0) is 27.2 Å². The van der Waals surface area contributed by atoms with Gasteiger partial charge in [0.15, 0.2) is 0 Å². The molecule has 0 atom stereocenters. The lowest BCUT2D eigenvalue weighted by atomic mass is 10.2. The predicted octanol–water partition coefficient (Wildman–Crippen LogP) is 1.59. The first-order valence-electron chi connectivity index (χ1n) is 4.28. The molecular formula is C9H18N2O2. The van der Waals surface area contributed by atoms with Crippen LogP contribution >= 0.6 is 0 Å². The lowest BCUT2D eigenvalue weighted by Crippen LogP contribution is -2.41. The maximum absolute atomic E-state index is 11.0. The second-order valence-corrected chi connectivity index (χ2v) is 3.63. The quantitative estimate of drug-likeness (QED) is 0.398. The maximum Gasteiger partial charge on any atom is 0.422 e. The molecule has 0 saturated heterocycles. The van der Waals surface area contributed by atoms with Crippen LogP contribution in [0.3, 0.4) is 0 Å². The molecule has 0 heterocycles. The summed E-state index contributed by atoms with van der Waals surface area (Å²) in [7, 11) is 0. The van der Waals surface area contributed by atoms with Crippen LogP contribution in [-0.4, -0.2) is 18.2 Å². The minimum Gasteiger partial charge on any atom is -0.443 e. The zero-order valence-electron chi connectivity index (χ0n) is 8.52. The van der Waals surface area contributed by atoms with E-state index < -0.39 is 11.7 Å². The second-order valence-electron chi connectivity index (χ2n) is 3.63. The summed E-state index contributed by atoms with van der Waals surface area (Å²) in [6, 6.07) is 0. The predicted molar refractivity (Wildman–Crippen MR) is 52.2 cm³/mol. The van der Waals surface area contributed by atoms with Gasteiger partial charge in [0.2, 0.25) is 0 Å². The van der Waals surface area contributed by atoms with E-state index in [0.717, 1.165) is 6.42 Å². The first-order chi connectivity index (χ1) is 5.95. The normalized spacial score (nSPS) is 10.7. The van der Waals surface area contributed by atoms with Gasteiger partial charge in [-0.25, -0.2) is 10.2 Å². The summed E-state index contributed by atoms with van der Waals surface area (Å²) in [6.07, 6.45) is 2.11. The lowest BCUT2D eigenvalue weighted by molar-refractivity contribution is 0.0499. The molecule has 0 radical (unpaired) electrons. The standard InChI is InChI=1S/C9H18N2O2/c1-5-6-7-10-11-8(12)13-9(2,3)4/h5,10H,1,6-7H2,2-4H3,(H,11,12). The molecule has 0 unspecified atom stereocenters. The Balaban J connectivity index is 3.47. The van der Waals surface area contributed by atoms with Crippen LogP contribution in [0.25, 0.3) is 0 Å². The summed E-state index contributed by atoms with van der Waals surface area (Å²) >= 11 is 0. The molecule has 0 bridgehead atoms. The van der Waals surface area contributed by atoms with Gasteiger partial charge >= 0.3 is 6.09 Å². The van der Waals surface area contributed by atoms with Crippen LogP contribution in [0.2, 0.25) is 0 Å². The fourth-order valence-electron chi connectivity index (χ4n) is 0.613. The van der Waals surface area contributed by atoms with Crippen molar-refractivity contribution < 1.29 is 9.53 Å². The van der Waals surface area contributed by atoms with Gasteiger partial charge in [0.05, 0.1) is 0 Å². The molecule has 0 aliphatic carbocycles. The third kappa shape index (κ3) is 8.88. The van der Waals surface area contributed by atoms with Crippen LogP contribution in [0.5, 0.6) is 0 Å². The van der Waals surface area contributed by atoms with Gasteiger partial charge in [-0.3, -0.25) is 5.43 Å². The van der Waals surface area contributed by atoms with E-state index in [0.29, 0.717) is 6.54 Å². The molecule has 0 aliphatic rings. The monoisotopic (exact) mass is 186 g/mol. The van der Waals surface area contributed by atoms with Gasteiger partial charge in [-0.1, -0.05) is 6.08 Å². The van der Waals surface area contributed by atoms with E-state index in [1.54, 1.807) is 6.08 Å². The van der Waals surface area contributed by atoms with Gasteiger partial charge in [0, 0.05) is 6.54 Å². The molecule has 0 rings (SSSR count). The zero-order valence-corrected chi connectivity index (χ0v) is 8.52. The number of rotatable bonds is 4. The van der Waals surface area contributed by atoms with Crippen molar-refractivity contribution in [3.63, 3.8) is 0 Å². The van der Waals surface area contributed by atoms with Gasteiger partial charge in [-0.15, -0.1) is 6.58 Å².